The van der Waals surface area contributed by atoms with Gasteiger partial charge in [0, 0.05) is 18.0 Å². The molecule has 0 saturated heterocycles. The van der Waals surface area contributed by atoms with E-state index in [1.165, 1.54) is 0 Å². The van der Waals surface area contributed by atoms with Crippen molar-refractivity contribution in [1.82, 2.24) is 5.32 Å². The van der Waals surface area contributed by atoms with Crippen LogP contribution < -0.4 is 5.32 Å². The summed E-state index contributed by atoms with van der Waals surface area (Å²) >= 11 is 0. The van der Waals surface area contributed by atoms with Crippen LogP contribution in [0.5, 0.6) is 0 Å². The Balaban J connectivity index is 2.19. The highest BCUT2D eigenvalue weighted by molar-refractivity contribution is 5.95. The van der Waals surface area contributed by atoms with Gasteiger partial charge in [0.1, 0.15) is 6.61 Å². The normalized spacial score (nSPS) is 17.9. The lowest BCUT2D eigenvalue weighted by Gasteiger charge is -2.27. The second-order valence-corrected chi connectivity index (χ2v) is 6.26. The van der Waals surface area contributed by atoms with E-state index >= 15 is 0 Å². The first kappa shape index (κ1) is 18.2. The highest BCUT2D eigenvalue weighted by Crippen LogP contribution is 2.34. The molecule has 24 heavy (non-hydrogen) atoms. The minimum Gasteiger partial charge on any atom is -0.460 e. The lowest BCUT2D eigenvalue weighted by molar-refractivity contribution is -0.141. The minimum absolute atomic E-state index is 0.0829. The van der Waals surface area contributed by atoms with Gasteiger partial charge in [0.2, 0.25) is 5.91 Å². The quantitative estimate of drug-likeness (QED) is 0.643. The monoisotopic (exact) mass is 331 g/mol. The molecule has 0 bridgehead atoms. The molecule has 1 heterocycles. The fraction of sp³-hybridized carbons (Fsp3) is 0.474. The van der Waals surface area contributed by atoms with Crippen LogP contribution in [0.1, 0.15) is 44.2 Å². The summed E-state index contributed by atoms with van der Waals surface area (Å²) < 4.78 is 10.7. The summed E-state index contributed by atoms with van der Waals surface area (Å²) in [5, 5.41) is 2.75. The average Bonchev–Trinajstić information content (AvgIpc) is 2.51. The lowest BCUT2D eigenvalue weighted by atomic mass is 9.82. The maximum atomic E-state index is 12.6. The number of carbonyl (C=O) groups excluding carboxylic acids is 2. The molecule has 1 aliphatic rings. The summed E-state index contributed by atoms with van der Waals surface area (Å²) in [6, 6.07) is 7.81. The zero-order valence-electron chi connectivity index (χ0n) is 14.7. The van der Waals surface area contributed by atoms with Gasteiger partial charge < -0.3 is 14.8 Å². The van der Waals surface area contributed by atoms with Crippen LogP contribution in [0.15, 0.2) is 35.5 Å². The van der Waals surface area contributed by atoms with Crippen LogP contribution >= 0.6 is 0 Å². The van der Waals surface area contributed by atoms with Crippen LogP contribution in [0.4, 0.5) is 0 Å². The second-order valence-electron chi connectivity index (χ2n) is 6.26. The van der Waals surface area contributed by atoms with E-state index < -0.39 is 5.97 Å². The number of esters is 1. The summed E-state index contributed by atoms with van der Waals surface area (Å²) in [7, 11) is 0. The molecular formula is C19H25NO4. The van der Waals surface area contributed by atoms with Crippen molar-refractivity contribution in [1.29, 1.82) is 0 Å². The van der Waals surface area contributed by atoms with Crippen molar-refractivity contribution in [3.8, 4) is 0 Å². The smallest absolute Gasteiger partial charge is 0.336 e. The van der Waals surface area contributed by atoms with Crippen LogP contribution in [0.3, 0.4) is 0 Å². The van der Waals surface area contributed by atoms with Crippen LogP contribution in [0.25, 0.3) is 0 Å². The maximum Gasteiger partial charge on any atom is 0.336 e. The van der Waals surface area contributed by atoms with Crippen molar-refractivity contribution in [2.75, 3.05) is 13.2 Å². The van der Waals surface area contributed by atoms with Crippen molar-refractivity contribution in [2.45, 2.75) is 46.1 Å². The molecule has 1 aromatic carbocycles. The molecule has 0 aromatic heterocycles. The van der Waals surface area contributed by atoms with Crippen molar-refractivity contribution in [3.05, 3.63) is 46.7 Å². The summed E-state index contributed by atoms with van der Waals surface area (Å²) in [4.78, 5) is 24.5. The van der Waals surface area contributed by atoms with Crippen LogP contribution in [-0.4, -0.2) is 31.2 Å². The van der Waals surface area contributed by atoms with Crippen molar-refractivity contribution < 1.29 is 19.1 Å². The van der Waals surface area contributed by atoms with Crippen LogP contribution in [0, 0.1) is 6.92 Å². The van der Waals surface area contributed by atoms with E-state index in [9.17, 15) is 9.59 Å². The van der Waals surface area contributed by atoms with Crippen molar-refractivity contribution in [2.24, 2.45) is 0 Å². The molecule has 1 atom stereocenters. The van der Waals surface area contributed by atoms with Gasteiger partial charge in [0.15, 0.2) is 0 Å². The number of hydrogen-bond donors (Lipinski definition) is 1. The van der Waals surface area contributed by atoms with Gasteiger partial charge >= 0.3 is 5.97 Å². The Hall–Kier alpha value is -2.14. The number of amides is 1. The molecule has 0 radical (unpaired) electrons. The molecule has 0 saturated carbocycles. The zero-order valence-corrected chi connectivity index (χ0v) is 14.7. The number of hydrogen-bond acceptors (Lipinski definition) is 4. The van der Waals surface area contributed by atoms with Gasteiger partial charge in [-0.1, -0.05) is 24.3 Å². The average molecular weight is 331 g/mol. The Morgan fingerprint density at radius 3 is 2.62 bits per heavy atom. The highest BCUT2D eigenvalue weighted by Gasteiger charge is 2.33. The highest BCUT2D eigenvalue weighted by atomic mass is 16.6. The predicted molar refractivity (Wildman–Crippen MR) is 91.4 cm³/mol. The summed E-state index contributed by atoms with van der Waals surface area (Å²) in [5.41, 5.74) is 3.12. The van der Waals surface area contributed by atoms with Gasteiger partial charge in [-0.05, 0) is 38.8 Å². The van der Waals surface area contributed by atoms with E-state index in [0.717, 1.165) is 11.1 Å². The molecule has 1 aromatic rings. The number of allylic oxidation sites excluding steroid dienone is 1. The number of nitrogens with one attached hydrogen (secondary N) is 1. The van der Waals surface area contributed by atoms with Gasteiger partial charge in [-0.25, -0.2) is 4.79 Å². The molecule has 2 rings (SSSR count). The summed E-state index contributed by atoms with van der Waals surface area (Å²) in [5.74, 6) is -0.757. The molecule has 5 nitrogen and oxygen atoms in total. The fourth-order valence-electron chi connectivity index (χ4n) is 2.91. The molecule has 1 aliphatic heterocycles. The summed E-state index contributed by atoms with van der Waals surface area (Å²) in [6.07, 6.45) is 0.341. The second kappa shape index (κ2) is 8.11. The third-order valence-corrected chi connectivity index (χ3v) is 4.02. The molecule has 5 heteroatoms. The van der Waals surface area contributed by atoms with Gasteiger partial charge in [-0.2, -0.15) is 0 Å². The number of benzene rings is 1. The molecule has 0 aliphatic carbocycles. The first-order chi connectivity index (χ1) is 11.4. The maximum absolute atomic E-state index is 12.6. The Bertz CT molecular complexity index is 649. The largest absolute Gasteiger partial charge is 0.460 e. The van der Waals surface area contributed by atoms with Crippen molar-refractivity contribution in [3.63, 3.8) is 0 Å². The molecular weight excluding hydrogens is 306 g/mol. The molecule has 0 unspecified atom stereocenters. The van der Waals surface area contributed by atoms with Crippen molar-refractivity contribution >= 4 is 11.9 Å². The fourth-order valence-corrected chi connectivity index (χ4v) is 2.91. The van der Waals surface area contributed by atoms with Crippen LogP contribution in [0.2, 0.25) is 0 Å². The number of carbonyl (C=O) groups is 2. The molecule has 0 spiro atoms. The van der Waals surface area contributed by atoms with E-state index in [1.807, 2.05) is 45.0 Å². The predicted octanol–water partition coefficient (Wildman–Crippen LogP) is 2.84. The third-order valence-electron chi connectivity index (χ3n) is 4.02. The molecule has 1 amide bonds. The van der Waals surface area contributed by atoms with Gasteiger partial charge in [-0.3, -0.25) is 4.79 Å². The first-order valence-corrected chi connectivity index (χ1v) is 8.25. The zero-order chi connectivity index (χ0) is 17.7. The van der Waals surface area contributed by atoms with Crippen LogP contribution in [-0.2, 0) is 19.1 Å². The Kier molecular flexibility index (Phi) is 6.15. The summed E-state index contributed by atoms with van der Waals surface area (Å²) in [6.45, 7) is 8.14. The van der Waals surface area contributed by atoms with E-state index in [0.29, 0.717) is 17.9 Å². The van der Waals surface area contributed by atoms with Gasteiger partial charge in [-0.15, -0.1) is 0 Å². The molecule has 0 fully saturated rings. The molecule has 1 N–H and O–H groups in total. The number of rotatable bonds is 6. The Labute approximate surface area is 143 Å². The third kappa shape index (κ3) is 4.45. The number of ether oxygens (including phenoxy) is 2. The standard InChI is InChI=1S/C19H25NO4/c1-12(2)23-9-10-24-19(22)18-14(4)20-17(21)11-16(18)15-8-6-5-7-13(15)3/h5-8,12,16H,9-11H2,1-4H3,(H,20,21)/t16-/m1/s1. The lowest BCUT2D eigenvalue weighted by Crippen LogP contribution is -2.34. The van der Waals surface area contributed by atoms with E-state index in [1.54, 1.807) is 6.92 Å². The van der Waals surface area contributed by atoms with E-state index in [4.69, 9.17) is 9.47 Å². The Morgan fingerprint density at radius 2 is 1.96 bits per heavy atom. The van der Waals surface area contributed by atoms with E-state index in [2.05, 4.69) is 5.32 Å². The molecule has 130 valence electrons. The van der Waals surface area contributed by atoms with Gasteiger partial charge in [0.25, 0.3) is 0 Å². The topological polar surface area (TPSA) is 64.6 Å². The SMILES string of the molecule is CC1=C(C(=O)OCCOC(C)C)[C@@H](c2ccccc2C)CC(=O)N1. The number of aryl methyl sites for hydroxylation is 1. The first-order valence-electron chi connectivity index (χ1n) is 8.25. The minimum atomic E-state index is -0.395. The Morgan fingerprint density at radius 1 is 1.25 bits per heavy atom. The van der Waals surface area contributed by atoms with Gasteiger partial charge in [0.05, 0.1) is 18.3 Å². The van der Waals surface area contributed by atoms with E-state index in [-0.39, 0.29) is 31.0 Å².